The third-order valence-corrected chi connectivity index (χ3v) is 3.16. The molecule has 0 bridgehead atoms. The molecule has 0 saturated carbocycles. The Hall–Kier alpha value is -1.03. The first-order valence-corrected chi connectivity index (χ1v) is 4.19. The first-order chi connectivity index (χ1) is 4.64. The number of rotatable bonds is 0. The van der Waals surface area contributed by atoms with Crippen molar-refractivity contribution in [2.45, 2.75) is 9.79 Å². The van der Waals surface area contributed by atoms with Crippen molar-refractivity contribution < 1.29 is 13.5 Å². The number of phenolic OH excluding ortho intramolecular Hbond substituents is 1. The third kappa shape index (κ3) is 0.471. The van der Waals surface area contributed by atoms with Crippen molar-refractivity contribution in [3.05, 3.63) is 18.2 Å². The molecule has 0 atom stereocenters. The molecular formula is C6H4O3S. The molecule has 1 aliphatic heterocycles. The number of hydrogen-bond donors (Lipinski definition) is 1. The molecule has 0 unspecified atom stereocenters. The molecule has 0 saturated heterocycles. The summed E-state index contributed by atoms with van der Waals surface area (Å²) in [7, 11) is -3.16. The quantitative estimate of drug-likeness (QED) is 0.566. The van der Waals surface area contributed by atoms with Crippen LogP contribution in [0.3, 0.4) is 0 Å². The van der Waals surface area contributed by atoms with Gasteiger partial charge in [-0.3, -0.25) is 0 Å². The highest BCUT2D eigenvalue weighted by atomic mass is 32.2. The van der Waals surface area contributed by atoms with Crippen molar-refractivity contribution in [2.75, 3.05) is 0 Å². The average molecular weight is 156 g/mol. The fourth-order valence-corrected chi connectivity index (χ4v) is 2.33. The van der Waals surface area contributed by atoms with Crippen LogP contribution in [-0.4, -0.2) is 13.5 Å². The number of sulfone groups is 1. The molecule has 1 aromatic carbocycles. The van der Waals surface area contributed by atoms with Crippen LogP contribution in [0.1, 0.15) is 0 Å². The van der Waals surface area contributed by atoms with Crippen molar-refractivity contribution in [1.29, 1.82) is 0 Å². The summed E-state index contributed by atoms with van der Waals surface area (Å²) in [6.45, 7) is 0. The molecule has 2 rings (SSSR count). The Balaban J connectivity index is 2.86. The molecule has 0 aliphatic carbocycles. The third-order valence-electron chi connectivity index (χ3n) is 1.47. The van der Waals surface area contributed by atoms with E-state index in [1.165, 1.54) is 18.2 Å². The number of hydrogen-bond acceptors (Lipinski definition) is 3. The summed E-state index contributed by atoms with van der Waals surface area (Å²) in [5.74, 6) is -0.141. The SMILES string of the molecule is O=S1(=O)c2cccc(O)c21. The van der Waals surface area contributed by atoms with Gasteiger partial charge in [-0.2, -0.15) is 0 Å². The van der Waals surface area contributed by atoms with E-state index >= 15 is 0 Å². The molecule has 10 heavy (non-hydrogen) atoms. The molecule has 1 aliphatic rings. The van der Waals surface area contributed by atoms with E-state index in [0.717, 1.165) is 0 Å². The molecule has 1 heterocycles. The van der Waals surface area contributed by atoms with Gasteiger partial charge in [0, 0.05) is 0 Å². The van der Waals surface area contributed by atoms with Crippen LogP contribution in [-0.2, 0) is 9.84 Å². The Morgan fingerprint density at radius 3 is 2.50 bits per heavy atom. The van der Waals surface area contributed by atoms with Gasteiger partial charge in [0.15, 0.2) is 0 Å². The molecule has 3 nitrogen and oxygen atoms in total. The molecule has 1 N–H and O–H groups in total. The van der Waals surface area contributed by atoms with E-state index < -0.39 is 9.84 Å². The summed E-state index contributed by atoms with van der Waals surface area (Å²) < 4.78 is 21.6. The zero-order chi connectivity index (χ0) is 7.35. The largest absolute Gasteiger partial charge is 0.507 e. The highest BCUT2D eigenvalue weighted by Crippen LogP contribution is 2.45. The normalized spacial score (nSPS) is 18.0. The number of benzene rings is 1. The highest BCUT2D eigenvalue weighted by Gasteiger charge is 2.42. The van der Waals surface area contributed by atoms with E-state index in [1.54, 1.807) is 0 Å². The van der Waals surface area contributed by atoms with Crippen molar-refractivity contribution in [1.82, 2.24) is 0 Å². The molecule has 1 aromatic rings. The summed E-state index contributed by atoms with van der Waals surface area (Å²) in [6.07, 6.45) is 0. The van der Waals surface area contributed by atoms with Gasteiger partial charge < -0.3 is 5.11 Å². The van der Waals surface area contributed by atoms with E-state index in [-0.39, 0.29) is 15.5 Å². The van der Waals surface area contributed by atoms with Crippen LogP contribution in [0, 0.1) is 0 Å². The molecule has 0 fully saturated rings. The second kappa shape index (κ2) is 1.34. The summed E-state index contributed by atoms with van der Waals surface area (Å²) in [6, 6.07) is 4.35. The molecule has 0 aromatic heterocycles. The van der Waals surface area contributed by atoms with Gasteiger partial charge in [-0.25, -0.2) is 8.42 Å². The lowest BCUT2D eigenvalue weighted by molar-refractivity contribution is 0.461. The van der Waals surface area contributed by atoms with Crippen molar-refractivity contribution >= 4 is 9.84 Å². The lowest BCUT2D eigenvalue weighted by Crippen LogP contribution is -1.67. The van der Waals surface area contributed by atoms with Gasteiger partial charge >= 0.3 is 0 Å². The molecule has 0 amide bonds. The Morgan fingerprint density at radius 2 is 2.00 bits per heavy atom. The van der Waals surface area contributed by atoms with E-state index in [4.69, 9.17) is 5.11 Å². The minimum absolute atomic E-state index is 0.0926. The first kappa shape index (κ1) is 5.73. The van der Waals surface area contributed by atoms with Crippen LogP contribution in [0.15, 0.2) is 28.0 Å². The predicted octanol–water partition coefficient (Wildman–Crippen LogP) is 0.538. The second-order valence-electron chi connectivity index (χ2n) is 2.11. The van der Waals surface area contributed by atoms with Gasteiger partial charge in [0.25, 0.3) is 0 Å². The van der Waals surface area contributed by atoms with Crippen LogP contribution >= 0.6 is 0 Å². The Labute approximate surface area is 57.8 Å². The van der Waals surface area contributed by atoms with Crippen LogP contribution in [0.5, 0.6) is 5.75 Å². The number of fused-ring (bicyclic) bond motifs is 1. The minimum atomic E-state index is -3.16. The number of phenols is 1. The standard InChI is InChI=1S/C6H4O3S/c7-4-2-1-3-5-6(4)10(5,8)9/h1-3,7H. The van der Waals surface area contributed by atoms with Crippen molar-refractivity contribution in [3.63, 3.8) is 0 Å². The summed E-state index contributed by atoms with van der Waals surface area (Å²) in [5.41, 5.74) is 0. The summed E-state index contributed by atoms with van der Waals surface area (Å²) >= 11 is 0. The summed E-state index contributed by atoms with van der Waals surface area (Å²) in [5, 5.41) is 8.93. The van der Waals surface area contributed by atoms with Gasteiger partial charge in [-0.15, -0.1) is 0 Å². The van der Waals surface area contributed by atoms with Crippen molar-refractivity contribution in [3.8, 4) is 5.75 Å². The zero-order valence-corrected chi connectivity index (χ0v) is 5.72. The average Bonchev–Trinajstić information content (AvgIpc) is 2.38. The second-order valence-corrected chi connectivity index (χ2v) is 3.96. The Morgan fingerprint density at radius 1 is 1.30 bits per heavy atom. The Kier molecular flexibility index (Phi) is 0.771. The monoisotopic (exact) mass is 156 g/mol. The van der Waals surface area contributed by atoms with E-state index in [9.17, 15) is 8.42 Å². The van der Waals surface area contributed by atoms with E-state index in [2.05, 4.69) is 0 Å². The van der Waals surface area contributed by atoms with Gasteiger partial charge in [-0.05, 0) is 12.1 Å². The molecule has 4 heteroatoms. The highest BCUT2D eigenvalue weighted by molar-refractivity contribution is 7.97. The maximum Gasteiger partial charge on any atom is 0.213 e. The van der Waals surface area contributed by atoms with Crippen LogP contribution in [0.2, 0.25) is 0 Å². The number of aromatic hydroxyl groups is 1. The van der Waals surface area contributed by atoms with Crippen LogP contribution < -0.4 is 0 Å². The molecule has 0 radical (unpaired) electrons. The first-order valence-electron chi connectivity index (χ1n) is 2.71. The topological polar surface area (TPSA) is 54.4 Å². The maximum absolute atomic E-state index is 10.8. The van der Waals surface area contributed by atoms with Crippen molar-refractivity contribution in [2.24, 2.45) is 0 Å². The van der Waals surface area contributed by atoms with Crippen LogP contribution in [0.25, 0.3) is 0 Å². The van der Waals surface area contributed by atoms with Gasteiger partial charge in [0.05, 0.1) is 4.90 Å². The molecular weight excluding hydrogens is 152 g/mol. The smallest absolute Gasteiger partial charge is 0.213 e. The maximum atomic E-state index is 10.8. The van der Waals surface area contributed by atoms with Crippen LogP contribution in [0.4, 0.5) is 0 Å². The summed E-state index contributed by atoms with van der Waals surface area (Å²) in [4.78, 5) is 0.350. The lowest BCUT2D eigenvalue weighted by Gasteiger charge is -1.79. The fourth-order valence-electron chi connectivity index (χ4n) is 0.940. The Bertz CT molecular complexity index is 391. The molecule has 0 spiro atoms. The molecule has 52 valence electrons. The minimum Gasteiger partial charge on any atom is -0.507 e. The predicted molar refractivity (Wildman–Crippen MR) is 33.6 cm³/mol. The zero-order valence-electron chi connectivity index (χ0n) is 4.90. The lowest BCUT2D eigenvalue weighted by atomic mass is 10.3. The van der Waals surface area contributed by atoms with Gasteiger partial charge in [0.2, 0.25) is 9.84 Å². The van der Waals surface area contributed by atoms with Gasteiger partial charge in [0.1, 0.15) is 10.6 Å². The van der Waals surface area contributed by atoms with E-state index in [0.29, 0.717) is 0 Å². The van der Waals surface area contributed by atoms with Gasteiger partial charge in [-0.1, -0.05) is 6.07 Å². The fraction of sp³-hybridized carbons (Fsp3) is 0. The van der Waals surface area contributed by atoms with E-state index in [1.807, 2.05) is 0 Å².